The number of aryl methyl sites for hydroxylation is 1. The van der Waals surface area contributed by atoms with Crippen molar-refractivity contribution in [1.29, 1.82) is 0 Å². The summed E-state index contributed by atoms with van der Waals surface area (Å²) in [5, 5.41) is 6.37. The monoisotopic (exact) mass is 567 g/mol. The number of carbonyl (C=O) groups is 2. The average Bonchev–Trinajstić information content (AvgIpc) is 2.96. The number of aromatic nitrogens is 1. The maximum atomic E-state index is 13.9. The van der Waals surface area contributed by atoms with Crippen LogP contribution in [0.5, 0.6) is 17.2 Å². The smallest absolute Gasteiger partial charge is 0.255 e. The number of methoxy groups -OCH3 is 2. The van der Waals surface area contributed by atoms with Gasteiger partial charge in [-0.2, -0.15) is 0 Å². The van der Waals surface area contributed by atoms with Crippen LogP contribution in [0.1, 0.15) is 56.2 Å². The summed E-state index contributed by atoms with van der Waals surface area (Å²) in [4.78, 5) is 32.0. The second-order valence-electron chi connectivity index (χ2n) is 11.6. The lowest BCUT2D eigenvalue weighted by molar-refractivity contribution is -0.118. The van der Waals surface area contributed by atoms with Gasteiger partial charge in [-0.15, -0.1) is 0 Å². The minimum atomic E-state index is -0.569. The number of hydrogen-bond acceptors (Lipinski definition) is 7. The lowest BCUT2D eigenvalue weighted by atomic mass is 9.68. The molecule has 0 spiro atoms. The fraction of sp³-hybridized carbons (Fsp3) is 0.324. The molecule has 0 radical (unpaired) electrons. The van der Waals surface area contributed by atoms with Gasteiger partial charge in [-0.05, 0) is 79.3 Å². The topological polar surface area (TPSA) is 98.8 Å². The summed E-state index contributed by atoms with van der Waals surface area (Å²) in [5.74, 6) is 1.69. The molecule has 2 heterocycles. The average molecular weight is 568 g/mol. The van der Waals surface area contributed by atoms with Crippen molar-refractivity contribution in [2.24, 2.45) is 5.41 Å². The van der Waals surface area contributed by atoms with Crippen molar-refractivity contribution < 1.29 is 23.8 Å². The number of hydrogen-bond donors (Lipinski definition) is 2. The molecule has 42 heavy (non-hydrogen) atoms. The standard InChI is InChI=1S/C34H37N3O5/c1-20-7-14-29(35-18-20)37-33(39)30-21(2)36-26-16-34(3,4)17-27(38)32(26)31(30)22-8-13-28(41-6)23(15-22)19-42-25-11-9-24(40-5)10-12-25/h7-15,18,31,36H,16-17,19H2,1-6H3,(H,35,37,39). The van der Waals surface area contributed by atoms with E-state index in [0.717, 1.165) is 28.1 Å². The number of amides is 1. The normalized spacial score (nSPS) is 17.8. The number of allylic oxidation sites excluding steroid dienone is 3. The summed E-state index contributed by atoms with van der Waals surface area (Å²) in [6.07, 6.45) is 2.82. The van der Waals surface area contributed by atoms with E-state index in [-0.39, 0.29) is 23.7 Å². The molecule has 0 bridgehead atoms. The van der Waals surface area contributed by atoms with Gasteiger partial charge in [0.1, 0.15) is 29.7 Å². The first-order valence-electron chi connectivity index (χ1n) is 14.0. The van der Waals surface area contributed by atoms with Gasteiger partial charge >= 0.3 is 0 Å². The highest BCUT2D eigenvalue weighted by Gasteiger charge is 2.43. The highest BCUT2D eigenvalue weighted by molar-refractivity contribution is 6.09. The summed E-state index contributed by atoms with van der Waals surface area (Å²) in [7, 11) is 3.23. The Labute approximate surface area is 246 Å². The van der Waals surface area contributed by atoms with Crippen LogP contribution in [-0.2, 0) is 16.2 Å². The molecule has 1 unspecified atom stereocenters. The molecule has 2 aromatic carbocycles. The molecule has 2 aliphatic rings. The molecule has 1 atom stereocenters. The molecule has 1 aromatic heterocycles. The molecule has 8 nitrogen and oxygen atoms in total. The Morgan fingerprint density at radius 2 is 1.74 bits per heavy atom. The zero-order chi connectivity index (χ0) is 30.0. The number of benzene rings is 2. The second-order valence-corrected chi connectivity index (χ2v) is 11.6. The zero-order valence-corrected chi connectivity index (χ0v) is 25.0. The first-order valence-corrected chi connectivity index (χ1v) is 14.0. The fourth-order valence-electron chi connectivity index (χ4n) is 5.72. The summed E-state index contributed by atoms with van der Waals surface area (Å²) >= 11 is 0. The number of nitrogens with one attached hydrogen (secondary N) is 2. The van der Waals surface area contributed by atoms with E-state index in [9.17, 15) is 9.59 Å². The third-order valence-electron chi connectivity index (χ3n) is 7.73. The lowest BCUT2D eigenvalue weighted by Crippen LogP contribution is -2.39. The number of ketones is 1. The molecule has 5 rings (SSSR count). The second kappa shape index (κ2) is 11.7. The highest BCUT2D eigenvalue weighted by Crippen LogP contribution is 2.47. The summed E-state index contributed by atoms with van der Waals surface area (Å²) in [5.41, 5.74) is 5.12. The summed E-state index contributed by atoms with van der Waals surface area (Å²) in [6.45, 7) is 8.25. The van der Waals surface area contributed by atoms with Crippen molar-refractivity contribution in [3.05, 3.63) is 100 Å². The van der Waals surface area contributed by atoms with E-state index >= 15 is 0 Å². The molecular formula is C34H37N3O5. The molecule has 0 saturated heterocycles. The van der Waals surface area contributed by atoms with E-state index in [0.29, 0.717) is 47.0 Å². The van der Waals surface area contributed by atoms with Crippen LogP contribution in [0.25, 0.3) is 0 Å². The maximum absolute atomic E-state index is 13.9. The van der Waals surface area contributed by atoms with Crippen molar-refractivity contribution in [3.8, 4) is 17.2 Å². The van der Waals surface area contributed by atoms with Gasteiger partial charge in [-0.1, -0.05) is 26.0 Å². The fourth-order valence-corrected chi connectivity index (χ4v) is 5.72. The van der Waals surface area contributed by atoms with Gasteiger partial charge in [0.05, 0.1) is 14.2 Å². The van der Waals surface area contributed by atoms with Crippen molar-refractivity contribution in [2.45, 2.75) is 53.1 Å². The lowest BCUT2D eigenvalue weighted by Gasteiger charge is -2.39. The van der Waals surface area contributed by atoms with Gasteiger partial charge in [-0.3, -0.25) is 9.59 Å². The Morgan fingerprint density at radius 3 is 2.40 bits per heavy atom. The Morgan fingerprint density at radius 1 is 1.00 bits per heavy atom. The van der Waals surface area contributed by atoms with Crippen LogP contribution in [-0.4, -0.2) is 30.9 Å². The number of pyridine rings is 1. The molecule has 1 amide bonds. The molecule has 0 saturated carbocycles. The Balaban J connectivity index is 1.55. The van der Waals surface area contributed by atoms with E-state index < -0.39 is 5.92 Å². The first kappa shape index (κ1) is 28.9. The van der Waals surface area contributed by atoms with E-state index in [1.54, 1.807) is 26.5 Å². The highest BCUT2D eigenvalue weighted by atomic mass is 16.5. The number of Topliss-reactive ketones (excluding diaryl/α,β-unsaturated/α-hetero) is 1. The Hall–Kier alpha value is -4.59. The predicted octanol–water partition coefficient (Wildman–Crippen LogP) is 6.23. The van der Waals surface area contributed by atoms with Crippen LogP contribution in [0.15, 0.2) is 83.3 Å². The third kappa shape index (κ3) is 6.03. The van der Waals surface area contributed by atoms with Gasteiger partial charge in [-0.25, -0.2) is 4.98 Å². The van der Waals surface area contributed by atoms with Crippen LogP contribution in [0, 0.1) is 12.3 Å². The number of carbonyl (C=O) groups excluding carboxylic acids is 2. The minimum Gasteiger partial charge on any atom is -0.497 e. The van der Waals surface area contributed by atoms with Gasteiger partial charge < -0.3 is 24.8 Å². The largest absolute Gasteiger partial charge is 0.497 e. The van der Waals surface area contributed by atoms with Gasteiger partial charge in [0, 0.05) is 46.6 Å². The predicted molar refractivity (Wildman–Crippen MR) is 162 cm³/mol. The molecule has 8 heteroatoms. The van der Waals surface area contributed by atoms with Crippen molar-refractivity contribution in [1.82, 2.24) is 10.3 Å². The van der Waals surface area contributed by atoms with Gasteiger partial charge in [0.25, 0.3) is 5.91 Å². The van der Waals surface area contributed by atoms with E-state index in [1.807, 2.05) is 62.4 Å². The van der Waals surface area contributed by atoms with E-state index in [4.69, 9.17) is 14.2 Å². The van der Waals surface area contributed by atoms with Crippen LogP contribution >= 0.6 is 0 Å². The van der Waals surface area contributed by atoms with Gasteiger partial charge in [0.2, 0.25) is 0 Å². The van der Waals surface area contributed by atoms with E-state index in [2.05, 4.69) is 29.5 Å². The molecule has 3 aromatic rings. The quantitative estimate of drug-likeness (QED) is 0.333. The Bertz CT molecular complexity index is 1570. The third-order valence-corrected chi connectivity index (χ3v) is 7.73. The SMILES string of the molecule is COc1ccc(OCc2cc(C3C(C(=O)Nc4ccc(C)cn4)=C(C)NC4=C3C(=O)CC(C)(C)C4)ccc2OC)cc1. The van der Waals surface area contributed by atoms with Crippen LogP contribution in [0.4, 0.5) is 5.82 Å². The van der Waals surface area contributed by atoms with E-state index in [1.165, 1.54) is 0 Å². The summed E-state index contributed by atoms with van der Waals surface area (Å²) < 4.78 is 17.0. The van der Waals surface area contributed by atoms with Crippen molar-refractivity contribution in [2.75, 3.05) is 19.5 Å². The molecule has 218 valence electrons. The number of ether oxygens (including phenoxy) is 3. The molecule has 2 N–H and O–H groups in total. The van der Waals surface area contributed by atoms with Crippen molar-refractivity contribution >= 4 is 17.5 Å². The zero-order valence-electron chi connectivity index (χ0n) is 25.0. The molecule has 1 aliphatic carbocycles. The Kier molecular flexibility index (Phi) is 8.07. The molecular weight excluding hydrogens is 530 g/mol. The number of dihydropyridines is 1. The van der Waals surface area contributed by atoms with Crippen LogP contribution in [0.2, 0.25) is 0 Å². The maximum Gasteiger partial charge on any atom is 0.255 e. The number of nitrogens with zero attached hydrogens (tertiary/aromatic N) is 1. The number of rotatable bonds is 8. The van der Waals surface area contributed by atoms with Gasteiger partial charge in [0.15, 0.2) is 5.78 Å². The minimum absolute atomic E-state index is 0.0388. The molecule has 0 fully saturated rings. The number of anilines is 1. The van der Waals surface area contributed by atoms with Crippen LogP contribution in [0.3, 0.4) is 0 Å². The van der Waals surface area contributed by atoms with Crippen LogP contribution < -0.4 is 24.8 Å². The summed E-state index contributed by atoms with van der Waals surface area (Å²) in [6, 6.07) is 16.8. The van der Waals surface area contributed by atoms with Crippen molar-refractivity contribution in [3.63, 3.8) is 0 Å². The first-order chi connectivity index (χ1) is 20.1. The molecule has 1 aliphatic heterocycles.